The number of benzene rings is 1. The number of amides is 1. The molecule has 1 aromatic carbocycles. The molecule has 4 nitrogen and oxygen atoms in total. The first-order valence-electron chi connectivity index (χ1n) is 8.76. The van der Waals surface area contributed by atoms with Gasteiger partial charge in [-0.25, -0.2) is 0 Å². The quantitative estimate of drug-likeness (QED) is 0.898. The molecule has 24 heavy (non-hydrogen) atoms. The van der Waals surface area contributed by atoms with Gasteiger partial charge in [-0.1, -0.05) is 20.8 Å². The van der Waals surface area contributed by atoms with Crippen LogP contribution in [0.25, 0.3) is 10.9 Å². The molecule has 0 radical (unpaired) electrons. The first-order chi connectivity index (χ1) is 11.3. The van der Waals surface area contributed by atoms with Gasteiger partial charge >= 0.3 is 0 Å². The average Bonchev–Trinajstić information content (AvgIpc) is 3.02. The van der Waals surface area contributed by atoms with Crippen molar-refractivity contribution in [2.45, 2.75) is 46.1 Å². The van der Waals surface area contributed by atoms with Gasteiger partial charge in [0.25, 0.3) is 5.91 Å². The molecule has 4 heteroatoms. The lowest BCUT2D eigenvalue weighted by Crippen LogP contribution is -2.37. The molecule has 1 saturated carbocycles. The molecule has 128 valence electrons. The number of H-pyrrole nitrogens is 1. The minimum Gasteiger partial charge on any atom is -0.497 e. The molecule has 1 saturated heterocycles. The second kappa shape index (κ2) is 5.01. The first kappa shape index (κ1) is 15.6. The zero-order chi connectivity index (χ0) is 17.1. The molecule has 1 amide bonds. The number of ether oxygens (including phenoxy) is 1. The van der Waals surface area contributed by atoms with Crippen molar-refractivity contribution in [3.8, 4) is 5.75 Å². The molecule has 1 N–H and O–H groups in total. The molecule has 2 bridgehead atoms. The summed E-state index contributed by atoms with van der Waals surface area (Å²) in [6.45, 7) is 7.88. The lowest BCUT2D eigenvalue weighted by Gasteiger charge is -2.39. The van der Waals surface area contributed by atoms with E-state index in [9.17, 15) is 4.79 Å². The number of fused-ring (bicyclic) bond motifs is 3. The second-order valence-corrected chi connectivity index (χ2v) is 8.78. The molecular formula is C20H26N2O2. The number of carbonyl (C=O) groups is 1. The Morgan fingerprint density at radius 1 is 1.25 bits per heavy atom. The van der Waals surface area contributed by atoms with Crippen LogP contribution in [0.15, 0.2) is 24.3 Å². The Hall–Kier alpha value is -1.97. The summed E-state index contributed by atoms with van der Waals surface area (Å²) in [5, 5.41) is 1.05. The Bertz CT molecular complexity index is 807. The number of aromatic nitrogens is 1. The number of nitrogens with zero attached hydrogens (tertiary/aromatic N) is 1. The molecular weight excluding hydrogens is 300 g/mol. The van der Waals surface area contributed by atoms with E-state index in [4.69, 9.17) is 4.74 Å². The normalized spacial score (nSPS) is 28.3. The monoisotopic (exact) mass is 326 g/mol. The fourth-order valence-electron chi connectivity index (χ4n) is 5.20. The van der Waals surface area contributed by atoms with Crippen LogP contribution in [-0.4, -0.2) is 35.5 Å². The van der Waals surface area contributed by atoms with Crippen molar-refractivity contribution in [1.82, 2.24) is 9.88 Å². The topological polar surface area (TPSA) is 45.3 Å². The maximum absolute atomic E-state index is 13.1. The van der Waals surface area contributed by atoms with E-state index >= 15 is 0 Å². The molecule has 2 heterocycles. The van der Waals surface area contributed by atoms with Crippen LogP contribution in [0.1, 0.15) is 50.5 Å². The number of carbonyl (C=O) groups excluding carboxylic acids is 1. The molecule has 2 aliphatic rings. The lowest BCUT2D eigenvalue weighted by atomic mass is 9.65. The summed E-state index contributed by atoms with van der Waals surface area (Å²) in [6, 6.07) is 8.20. The fourth-order valence-corrected chi connectivity index (χ4v) is 5.20. The van der Waals surface area contributed by atoms with Crippen molar-refractivity contribution in [3.05, 3.63) is 30.0 Å². The summed E-state index contributed by atoms with van der Waals surface area (Å²) in [5.41, 5.74) is 2.22. The van der Waals surface area contributed by atoms with Crippen LogP contribution in [-0.2, 0) is 0 Å². The van der Waals surface area contributed by atoms with E-state index in [1.165, 1.54) is 6.42 Å². The van der Waals surface area contributed by atoms with Crippen molar-refractivity contribution in [2.75, 3.05) is 13.7 Å². The SMILES string of the molecule is COc1ccc2cc(C(=O)N3C[C@@]4(C)C[C@H]3CC(C)(C)C4)[nH]c2c1. The molecule has 4 rings (SSSR count). The van der Waals surface area contributed by atoms with Gasteiger partial charge in [-0.2, -0.15) is 0 Å². The van der Waals surface area contributed by atoms with E-state index in [1.54, 1.807) is 7.11 Å². The van der Waals surface area contributed by atoms with E-state index in [-0.39, 0.29) is 11.3 Å². The molecule has 1 aliphatic heterocycles. The number of rotatable bonds is 2. The van der Waals surface area contributed by atoms with Crippen LogP contribution >= 0.6 is 0 Å². The lowest BCUT2D eigenvalue weighted by molar-refractivity contribution is 0.0703. The highest BCUT2D eigenvalue weighted by Crippen LogP contribution is 2.52. The number of likely N-dealkylation sites (tertiary alicyclic amines) is 1. The Kier molecular flexibility index (Phi) is 3.25. The summed E-state index contributed by atoms with van der Waals surface area (Å²) in [4.78, 5) is 18.5. The van der Waals surface area contributed by atoms with Gasteiger partial charge in [-0.15, -0.1) is 0 Å². The maximum Gasteiger partial charge on any atom is 0.270 e. The highest BCUT2D eigenvalue weighted by atomic mass is 16.5. The zero-order valence-electron chi connectivity index (χ0n) is 15.0. The van der Waals surface area contributed by atoms with E-state index in [0.29, 0.717) is 17.2 Å². The summed E-state index contributed by atoms with van der Waals surface area (Å²) in [6.07, 6.45) is 3.43. The van der Waals surface area contributed by atoms with Crippen molar-refractivity contribution in [1.29, 1.82) is 0 Å². The minimum atomic E-state index is 0.136. The molecule has 1 aromatic heterocycles. The van der Waals surface area contributed by atoms with Gasteiger partial charge in [0.1, 0.15) is 11.4 Å². The predicted molar refractivity (Wildman–Crippen MR) is 95.4 cm³/mol. The highest BCUT2D eigenvalue weighted by Gasteiger charge is 2.51. The molecule has 2 atom stereocenters. The third-order valence-corrected chi connectivity index (χ3v) is 5.74. The Balaban J connectivity index is 1.64. The third kappa shape index (κ3) is 2.48. The van der Waals surface area contributed by atoms with Crippen LogP contribution in [0.3, 0.4) is 0 Å². The number of hydrogen-bond acceptors (Lipinski definition) is 2. The van der Waals surface area contributed by atoms with E-state index in [1.807, 2.05) is 24.3 Å². The van der Waals surface area contributed by atoms with Gasteiger partial charge in [0, 0.05) is 29.6 Å². The minimum absolute atomic E-state index is 0.136. The summed E-state index contributed by atoms with van der Waals surface area (Å²) >= 11 is 0. The molecule has 2 aromatic rings. The average molecular weight is 326 g/mol. The third-order valence-electron chi connectivity index (χ3n) is 5.74. The molecule has 2 fully saturated rings. The Labute approximate surface area is 143 Å². The zero-order valence-corrected chi connectivity index (χ0v) is 15.0. The number of methoxy groups -OCH3 is 1. The van der Waals surface area contributed by atoms with Crippen molar-refractivity contribution in [3.63, 3.8) is 0 Å². The molecule has 0 unspecified atom stereocenters. The van der Waals surface area contributed by atoms with Gasteiger partial charge < -0.3 is 14.6 Å². The van der Waals surface area contributed by atoms with Crippen LogP contribution in [0, 0.1) is 10.8 Å². The Morgan fingerprint density at radius 2 is 2.04 bits per heavy atom. The van der Waals surface area contributed by atoms with E-state index < -0.39 is 0 Å². The van der Waals surface area contributed by atoms with E-state index in [0.717, 1.165) is 36.0 Å². The molecule has 1 aliphatic carbocycles. The van der Waals surface area contributed by atoms with Gasteiger partial charge in [-0.05, 0) is 48.3 Å². The number of aromatic amines is 1. The van der Waals surface area contributed by atoms with Crippen molar-refractivity contribution in [2.24, 2.45) is 10.8 Å². The van der Waals surface area contributed by atoms with Gasteiger partial charge in [0.2, 0.25) is 0 Å². The fraction of sp³-hybridized carbons (Fsp3) is 0.550. The smallest absolute Gasteiger partial charge is 0.270 e. The summed E-state index contributed by atoms with van der Waals surface area (Å²) in [5.74, 6) is 0.936. The van der Waals surface area contributed by atoms with Gasteiger partial charge in [0.15, 0.2) is 0 Å². The predicted octanol–water partition coefficient (Wildman–Crippen LogP) is 4.22. The van der Waals surface area contributed by atoms with Crippen LogP contribution < -0.4 is 4.74 Å². The number of hydrogen-bond donors (Lipinski definition) is 1. The summed E-state index contributed by atoms with van der Waals surface area (Å²) in [7, 11) is 1.66. The van der Waals surface area contributed by atoms with Crippen molar-refractivity contribution >= 4 is 16.8 Å². The highest BCUT2D eigenvalue weighted by molar-refractivity contribution is 5.98. The van der Waals surface area contributed by atoms with Gasteiger partial charge in [0.05, 0.1) is 7.11 Å². The van der Waals surface area contributed by atoms with E-state index in [2.05, 4.69) is 30.7 Å². The number of nitrogens with one attached hydrogen (secondary N) is 1. The standard InChI is InChI=1S/C20H26N2O2/c1-19(2)9-14-10-20(3,11-19)12-22(14)18(23)17-7-13-5-6-15(24-4)8-16(13)21-17/h5-8,14,21H,9-12H2,1-4H3/t14-,20+/m1/s1. The van der Waals surface area contributed by atoms with Crippen LogP contribution in [0.5, 0.6) is 5.75 Å². The Morgan fingerprint density at radius 3 is 2.79 bits per heavy atom. The van der Waals surface area contributed by atoms with Gasteiger partial charge in [-0.3, -0.25) is 4.79 Å². The van der Waals surface area contributed by atoms with Crippen molar-refractivity contribution < 1.29 is 9.53 Å². The largest absolute Gasteiger partial charge is 0.497 e. The maximum atomic E-state index is 13.1. The first-order valence-corrected chi connectivity index (χ1v) is 8.76. The second-order valence-electron chi connectivity index (χ2n) is 8.78. The van der Waals surface area contributed by atoms with Crippen LogP contribution in [0.2, 0.25) is 0 Å². The van der Waals surface area contributed by atoms with Crippen LogP contribution in [0.4, 0.5) is 0 Å². The molecule has 0 spiro atoms. The summed E-state index contributed by atoms with van der Waals surface area (Å²) < 4.78 is 5.27.